The number of aromatic nitrogens is 2. The van der Waals surface area contributed by atoms with E-state index in [1.807, 2.05) is 18.2 Å². The molecule has 0 unspecified atom stereocenters. The second-order valence-electron chi connectivity index (χ2n) is 2.71. The van der Waals surface area contributed by atoms with E-state index in [1.54, 1.807) is 18.3 Å². The molecule has 0 aliphatic rings. The van der Waals surface area contributed by atoms with Crippen molar-refractivity contribution < 1.29 is 0 Å². The van der Waals surface area contributed by atoms with Crippen LogP contribution in [0.2, 0.25) is 10.2 Å². The maximum absolute atomic E-state index is 5.85. The maximum atomic E-state index is 5.85. The van der Waals surface area contributed by atoms with Gasteiger partial charge in [0.1, 0.15) is 5.15 Å². The van der Waals surface area contributed by atoms with E-state index in [-0.39, 0.29) is 0 Å². The zero-order valence-electron chi connectivity index (χ0n) is 7.11. The molecule has 0 aromatic carbocycles. The van der Waals surface area contributed by atoms with E-state index in [0.29, 0.717) is 15.9 Å². The van der Waals surface area contributed by atoms with Crippen molar-refractivity contribution in [3.63, 3.8) is 0 Å². The lowest BCUT2D eigenvalue weighted by atomic mass is 10.2. The molecule has 0 atom stereocenters. The monoisotopic (exact) mass is 224 g/mol. The molecule has 2 rings (SSSR count). The molecular formula is C10H6Cl2N2. The average molecular weight is 225 g/mol. The molecule has 0 saturated heterocycles. The van der Waals surface area contributed by atoms with Gasteiger partial charge in [-0.15, -0.1) is 0 Å². The van der Waals surface area contributed by atoms with Crippen LogP contribution in [0.15, 0.2) is 36.5 Å². The summed E-state index contributed by atoms with van der Waals surface area (Å²) in [4.78, 5) is 8.27. The Bertz CT molecular complexity index is 423. The highest BCUT2D eigenvalue weighted by molar-refractivity contribution is 6.34. The molecule has 0 amide bonds. The maximum Gasteiger partial charge on any atom is 0.131 e. The van der Waals surface area contributed by atoms with Gasteiger partial charge in [-0.1, -0.05) is 29.3 Å². The quantitative estimate of drug-likeness (QED) is 0.694. The standard InChI is InChI=1S/C10H6Cl2N2/c11-7-5-9(14-10(12)6-7)8-3-1-2-4-13-8/h1-6H. The van der Waals surface area contributed by atoms with Gasteiger partial charge in [-0.05, 0) is 24.3 Å². The Labute approximate surface area is 91.5 Å². The lowest BCUT2D eigenvalue weighted by Crippen LogP contribution is -1.86. The molecule has 2 heterocycles. The summed E-state index contributed by atoms with van der Waals surface area (Å²) in [5.41, 5.74) is 1.44. The van der Waals surface area contributed by atoms with E-state index in [9.17, 15) is 0 Å². The summed E-state index contributed by atoms with van der Waals surface area (Å²) in [5, 5.41) is 0.934. The molecular weight excluding hydrogens is 219 g/mol. The summed E-state index contributed by atoms with van der Waals surface area (Å²) >= 11 is 11.6. The van der Waals surface area contributed by atoms with Crippen LogP contribution in [0, 0.1) is 0 Å². The fourth-order valence-corrected chi connectivity index (χ4v) is 1.58. The first-order valence-electron chi connectivity index (χ1n) is 4.00. The molecule has 4 heteroatoms. The van der Waals surface area contributed by atoms with Gasteiger partial charge in [0, 0.05) is 11.2 Å². The third kappa shape index (κ3) is 2.03. The van der Waals surface area contributed by atoms with Crippen LogP contribution >= 0.6 is 23.2 Å². The summed E-state index contributed by atoms with van der Waals surface area (Å²) in [6, 6.07) is 8.91. The van der Waals surface area contributed by atoms with Crippen LogP contribution in [0.4, 0.5) is 0 Å². The minimum Gasteiger partial charge on any atom is -0.255 e. The van der Waals surface area contributed by atoms with Crippen molar-refractivity contribution in [1.29, 1.82) is 0 Å². The van der Waals surface area contributed by atoms with E-state index in [1.165, 1.54) is 0 Å². The predicted octanol–water partition coefficient (Wildman–Crippen LogP) is 3.45. The Balaban J connectivity index is 2.52. The van der Waals surface area contributed by atoms with Gasteiger partial charge in [-0.2, -0.15) is 0 Å². The van der Waals surface area contributed by atoms with Gasteiger partial charge in [0.2, 0.25) is 0 Å². The third-order valence-electron chi connectivity index (χ3n) is 1.69. The fourth-order valence-electron chi connectivity index (χ4n) is 1.11. The van der Waals surface area contributed by atoms with Crippen LogP contribution in [0.5, 0.6) is 0 Å². The molecule has 70 valence electrons. The minimum absolute atomic E-state index is 0.373. The van der Waals surface area contributed by atoms with Crippen LogP contribution in [0.3, 0.4) is 0 Å². The van der Waals surface area contributed by atoms with Gasteiger partial charge in [0.25, 0.3) is 0 Å². The van der Waals surface area contributed by atoms with Gasteiger partial charge in [-0.3, -0.25) is 4.98 Å². The van der Waals surface area contributed by atoms with Crippen molar-refractivity contribution in [2.75, 3.05) is 0 Å². The van der Waals surface area contributed by atoms with E-state index in [0.717, 1.165) is 5.69 Å². The van der Waals surface area contributed by atoms with Crippen LogP contribution < -0.4 is 0 Å². The second kappa shape index (κ2) is 3.95. The SMILES string of the molecule is Clc1cc(Cl)nc(-c2ccccn2)c1. The molecule has 0 saturated carbocycles. The van der Waals surface area contributed by atoms with E-state index >= 15 is 0 Å². The Morgan fingerprint density at radius 1 is 1.00 bits per heavy atom. The minimum atomic E-state index is 0.373. The molecule has 0 aliphatic carbocycles. The summed E-state index contributed by atoms with van der Waals surface area (Å²) in [5.74, 6) is 0. The van der Waals surface area contributed by atoms with Crippen molar-refractivity contribution >= 4 is 23.2 Å². The molecule has 2 nitrogen and oxygen atoms in total. The first-order chi connectivity index (χ1) is 6.75. The first kappa shape index (κ1) is 9.44. The van der Waals surface area contributed by atoms with Gasteiger partial charge in [-0.25, -0.2) is 4.98 Å². The van der Waals surface area contributed by atoms with Crippen LogP contribution in [-0.2, 0) is 0 Å². The molecule has 0 bridgehead atoms. The number of hydrogen-bond donors (Lipinski definition) is 0. The van der Waals surface area contributed by atoms with Crippen molar-refractivity contribution in [1.82, 2.24) is 9.97 Å². The van der Waals surface area contributed by atoms with Crippen molar-refractivity contribution in [3.8, 4) is 11.4 Å². The third-order valence-corrected chi connectivity index (χ3v) is 2.10. The zero-order valence-corrected chi connectivity index (χ0v) is 8.63. The second-order valence-corrected chi connectivity index (χ2v) is 3.53. The van der Waals surface area contributed by atoms with Gasteiger partial charge >= 0.3 is 0 Å². The highest BCUT2D eigenvalue weighted by atomic mass is 35.5. The Morgan fingerprint density at radius 3 is 2.50 bits per heavy atom. The summed E-state index contributed by atoms with van der Waals surface area (Å²) in [6.07, 6.45) is 1.70. The lowest BCUT2D eigenvalue weighted by molar-refractivity contribution is 1.25. The molecule has 0 spiro atoms. The van der Waals surface area contributed by atoms with Crippen LogP contribution in [0.25, 0.3) is 11.4 Å². The molecule has 0 N–H and O–H groups in total. The van der Waals surface area contributed by atoms with E-state index in [4.69, 9.17) is 23.2 Å². The van der Waals surface area contributed by atoms with Crippen LogP contribution in [0.1, 0.15) is 0 Å². The number of halogens is 2. The molecule has 0 fully saturated rings. The average Bonchev–Trinajstić information content (AvgIpc) is 2.18. The number of hydrogen-bond acceptors (Lipinski definition) is 2. The number of nitrogens with zero attached hydrogens (tertiary/aromatic N) is 2. The molecule has 0 radical (unpaired) electrons. The molecule has 2 aromatic rings. The van der Waals surface area contributed by atoms with Gasteiger partial charge in [0.15, 0.2) is 0 Å². The highest BCUT2D eigenvalue weighted by Crippen LogP contribution is 2.21. The van der Waals surface area contributed by atoms with Crippen molar-refractivity contribution in [2.45, 2.75) is 0 Å². The van der Waals surface area contributed by atoms with Gasteiger partial charge in [0.05, 0.1) is 11.4 Å². The first-order valence-corrected chi connectivity index (χ1v) is 4.76. The summed E-state index contributed by atoms with van der Waals surface area (Å²) in [7, 11) is 0. The highest BCUT2D eigenvalue weighted by Gasteiger charge is 2.02. The zero-order chi connectivity index (χ0) is 9.97. The fraction of sp³-hybridized carbons (Fsp3) is 0. The predicted molar refractivity (Wildman–Crippen MR) is 57.5 cm³/mol. The van der Waals surface area contributed by atoms with Crippen molar-refractivity contribution in [3.05, 3.63) is 46.7 Å². The lowest BCUT2D eigenvalue weighted by Gasteiger charge is -2.00. The summed E-state index contributed by atoms with van der Waals surface area (Å²) in [6.45, 7) is 0. The molecule has 14 heavy (non-hydrogen) atoms. The molecule has 2 aromatic heterocycles. The Kier molecular flexibility index (Phi) is 2.66. The van der Waals surface area contributed by atoms with Gasteiger partial charge < -0.3 is 0 Å². The number of pyridine rings is 2. The summed E-state index contributed by atoms with van der Waals surface area (Å²) < 4.78 is 0. The number of rotatable bonds is 1. The van der Waals surface area contributed by atoms with Crippen molar-refractivity contribution in [2.24, 2.45) is 0 Å². The van der Waals surface area contributed by atoms with E-state index in [2.05, 4.69) is 9.97 Å². The molecule has 0 aliphatic heterocycles. The topological polar surface area (TPSA) is 25.8 Å². The van der Waals surface area contributed by atoms with E-state index < -0.39 is 0 Å². The van der Waals surface area contributed by atoms with Crippen LogP contribution in [-0.4, -0.2) is 9.97 Å². The Hall–Kier alpha value is -1.12. The Morgan fingerprint density at radius 2 is 1.86 bits per heavy atom. The largest absolute Gasteiger partial charge is 0.255 e. The smallest absolute Gasteiger partial charge is 0.131 e. The normalized spacial score (nSPS) is 10.1.